The van der Waals surface area contributed by atoms with Crippen LogP contribution in [0.4, 0.5) is 28.7 Å². The third kappa shape index (κ3) is 9.87. The van der Waals surface area contributed by atoms with Gasteiger partial charge >= 0.3 is 0 Å². The maximum atomic E-state index is 4.60. The first-order valence-corrected chi connectivity index (χ1v) is 21.3. The van der Waals surface area contributed by atoms with E-state index in [-0.39, 0.29) is 22.3 Å². The van der Waals surface area contributed by atoms with Crippen molar-refractivity contribution in [3.05, 3.63) is 184 Å². The van der Waals surface area contributed by atoms with Crippen molar-refractivity contribution < 1.29 is 0 Å². The average molecular weight is 849 g/mol. The summed E-state index contributed by atoms with van der Waals surface area (Å²) in [5.41, 5.74) is 17.5. The lowest BCUT2D eigenvalue weighted by Crippen LogP contribution is -2.13. The fourth-order valence-electron chi connectivity index (χ4n) is 8.62. The molecular weight excluding hydrogens is 785 g/mol. The normalized spacial score (nSPS) is 12.2. The van der Waals surface area contributed by atoms with Crippen molar-refractivity contribution in [3.63, 3.8) is 0 Å². The molecule has 2 aromatic heterocycles. The van der Waals surface area contributed by atoms with Crippen LogP contribution in [0, 0.1) is 34.6 Å². The number of para-hydroxylation sites is 2. The number of anilines is 5. The van der Waals surface area contributed by atoms with Crippen molar-refractivity contribution >= 4 is 67.1 Å². The van der Waals surface area contributed by atoms with Gasteiger partial charge in [0.25, 0.3) is 0 Å². The minimum atomic E-state index is 0. The van der Waals surface area contributed by atoms with E-state index in [2.05, 4.69) is 185 Å². The van der Waals surface area contributed by atoms with Gasteiger partial charge in [0, 0.05) is 38.8 Å². The Kier molecular flexibility index (Phi) is 14.7. The van der Waals surface area contributed by atoms with E-state index in [4.69, 9.17) is 0 Å². The molecule has 64 heavy (non-hydrogen) atoms. The van der Waals surface area contributed by atoms with E-state index in [0.29, 0.717) is 0 Å². The number of aliphatic imine (C=N–C) groups is 1. The monoisotopic (exact) mass is 849 g/mol. The first-order valence-electron chi connectivity index (χ1n) is 21.3. The molecular formula is C56H64N8. The Morgan fingerprint density at radius 1 is 0.484 bits per heavy atom. The van der Waals surface area contributed by atoms with Gasteiger partial charge in [0.2, 0.25) is 0 Å². The second-order valence-electron chi connectivity index (χ2n) is 16.4. The topological polar surface area (TPSA) is 106 Å². The van der Waals surface area contributed by atoms with Crippen LogP contribution in [0.2, 0.25) is 0 Å². The van der Waals surface area contributed by atoms with E-state index in [1.165, 1.54) is 92.2 Å². The van der Waals surface area contributed by atoms with E-state index in [9.17, 15) is 0 Å². The zero-order chi connectivity index (χ0) is 41.9. The minimum Gasteiger partial charge on any atom is -0.340 e. The van der Waals surface area contributed by atoms with Gasteiger partial charge in [-0.2, -0.15) is 10.2 Å². The number of hydrogen-bond acceptors (Lipinski definition) is 6. The zero-order valence-corrected chi connectivity index (χ0v) is 35.6. The largest absolute Gasteiger partial charge is 0.340 e. The Labute approximate surface area is 379 Å². The fourth-order valence-corrected chi connectivity index (χ4v) is 8.62. The molecule has 1 aliphatic carbocycles. The Morgan fingerprint density at radius 2 is 1.03 bits per heavy atom. The summed E-state index contributed by atoms with van der Waals surface area (Å²) in [4.78, 5) is 4.60. The quantitative estimate of drug-likeness (QED) is 0.119. The molecule has 0 amide bonds. The van der Waals surface area contributed by atoms with Gasteiger partial charge in [0.1, 0.15) is 5.84 Å². The lowest BCUT2D eigenvalue weighted by atomic mass is 9.89. The molecule has 11 rings (SSSR count). The molecule has 0 bridgehead atoms. The minimum absolute atomic E-state index is 0. The number of aromatic nitrogens is 4. The van der Waals surface area contributed by atoms with Gasteiger partial charge in [-0.15, -0.1) is 0 Å². The number of nitrogens with zero attached hydrogens (tertiary/aromatic N) is 3. The van der Waals surface area contributed by atoms with Crippen molar-refractivity contribution in [2.75, 3.05) is 16.0 Å². The number of H-pyrrole nitrogens is 2. The summed E-state index contributed by atoms with van der Waals surface area (Å²) in [6.45, 7) is 11.5. The highest BCUT2D eigenvalue weighted by Gasteiger charge is 2.17. The first-order chi connectivity index (χ1) is 29.8. The van der Waals surface area contributed by atoms with Gasteiger partial charge in [-0.25, -0.2) is 0 Å². The smallest absolute Gasteiger partial charge is 0.160 e. The molecule has 3 heterocycles. The molecule has 2 aliphatic rings. The van der Waals surface area contributed by atoms with E-state index in [1.807, 2.05) is 24.3 Å². The predicted octanol–water partition coefficient (Wildman–Crippen LogP) is 15.2. The van der Waals surface area contributed by atoms with Crippen LogP contribution in [-0.4, -0.2) is 26.2 Å². The summed E-state index contributed by atoms with van der Waals surface area (Å²) >= 11 is 0. The molecule has 0 spiro atoms. The van der Waals surface area contributed by atoms with E-state index in [0.717, 1.165) is 57.2 Å². The Morgan fingerprint density at radius 3 is 1.75 bits per heavy atom. The third-order valence-corrected chi connectivity index (χ3v) is 11.8. The predicted molar refractivity (Wildman–Crippen MR) is 276 cm³/mol. The highest BCUT2D eigenvalue weighted by molar-refractivity contribution is 6.11. The second kappa shape index (κ2) is 20.3. The van der Waals surface area contributed by atoms with Gasteiger partial charge < -0.3 is 16.0 Å². The molecule has 0 radical (unpaired) electrons. The van der Waals surface area contributed by atoms with Gasteiger partial charge in [0.15, 0.2) is 11.6 Å². The number of benzene rings is 7. The Hall–Kier alpha value is -7.19. The Bertz CT molecular complexity index is 3060. The molecule has 7 aromatic carbocycles. The number of fused-ring (bicyclic) bond motifs is 5. The van der Waals surface area contributed by atoms with Gasteiger partial charge in [-0.3, -0.25) is 15.2 Å². The molecule has 9 aromatic rings. The Balaban J connectivity index is 0.000000156. The van der Waals surface area contributed by atoms with Crippen molar-refractivity contribution in [3.8, 4) is 0 Å². The van der Waals surface area contributed by atoms with Crippen molar-refractivity contribution in [2.45, 2.75) is 89.1 Å². The van der Waals surface area contributed by atoms with Crippen LogP contribution in [0.25, 0.3) is 32.6 Å². The molecule has 0 unspecified atom stereocenters. The number of aromatic amines is 2. The highest BCUT2D eigenvalue weighted by Crippen LogP contribution is 2.34. The number of aryl methyl sites for hydroxylation is 5. The zero-order valence-electron chi connectivity index (χ0n) is 35.6. The van der Waals surface area contributed by atoms with E-state index >= 15 is 0 Å². The molecule has 328 valence electrons. The maximum Gasteiger partial charge on any atom is 0.160 e. The first kappa shape index (κ1) is 46.3. The number of amidine groups is 1. The standard InChI is InChI=1S/C18H19N3.C18H15N3.C17H18N2.3CH4/c2*1-12-10-13-6-2-3-7-14(13)17(11-12)19-18-15-8-4-5-9-16(15)20-21-18;1-11-8-12(2)13(3)16(9-11)19-17-15-7-5-4-6-14(15)10-18-17;;;/h4-5,8-11H,2-3,6-7H2,1H3,(H2,19,20,21);2-11H,1H3,(H2,19,20,21);4-9H,10H2,1-3H3,(H,18,19);3*1H4. The summed E-state index contributed by atoms with van der Waals surface area (Å²) < 4.78 is 0. The summed E-state index contributed by atoms with van der Waals surface area (Å²) in [7, 11) is 0. The van der Waals surface area contributed by atoms with Gasteiger partial charge in [0.05, 0.1) is 17.6 Å². The van der Waals surface area contributed by atoms with Crippen LogP contribution < -0.4 is 16.0 Å². The van der Waals surface area contributed by atoms with Crippen molar-refractivity contribution in [1.29, 1.82) is 0 Å². The van der Waals surface area contributed by atoms with Crippen LogP contribution in [0.3, 0.4) is 0 Å². The number of hydrogen-bond donors (Lipinski definition) is 5. The fraction of sp³-hybridized carbons (Fsp3) is 0.232. The molecule has 0 saturated heterocycles. The summed E-state index contributed by atoms with van der Waals surface area (Å²) in [6.07, 6.45) is 4.96. The van der Waals surface area contributed by atoms with E-state index in [1.54, 1.807) is 0 Å². The summed E-state index contributed by atoms with van der Waals surface area (Å²) in [5, 5.41) is 30.2. The molecule has 5 N–H and O–H groups in total. The molecule has 8 heteroatoms. The third-order valence-electron chi connectivity index (χ3n) is 11.8. The van der Waals surface area contributed by atoms with Gasteiger partial charge in [-0.1, -0.05) is 113 Å². The number of nitrogens with one attached hydrogen (secondary N) is 5. The maximum absolute atomic E-state index is 4.60. The average Bonchev–Trinajstić information content (AvgIpc) is 4.00. The number of rotatable bonds is 5. The molecule has 0 fully saturated rings. The molecule has 1 aliphatic heterocycles. The van der Waals surface area contributed by atoms with E-state index < -0.39 is 0 Å². The summed E-state index contributed by atoms with van der Waals surface area (Å²) in [5.74, 6) is 2.77. The highest BCUT2D eigenvalue weighted by atomic mass is 15.2. The SMILES string of the molecule is C.C.C.Cc1cc(C)c(C)c(NC2=NCc3ccccc32)c1.Cc1cc(Nc2n[nH]c3ccccc23)c2ccccc2c1.Cc1cc2c(c(Nc3n[nH]c4ccccc34)c1)CCCC2. The lowest BCUT2D eigenvalue weighted by molar-refractivity contribution is 0.686. The van der Waals surface area contributed by atoms with Crippen molar-refractivity contribution in [1.82, 2.24) is 20.4 Å². The van der Waals surface area contributed by atoms with Gasteiger partial charge in [-0.05, 0) is 153 Å². The van der Waals surface area contributed by atoms with Crippen LogP contribution >= 0.6 is 0 Å². The lowest BCUT2D eigenvalue weighted by Gasteiger charge is -2.20. The second-order valence-corrected chi connectivity index (χ2v) is 16.4. The van der Waals surface area contributed by atoms with Crippen LogP contribution in [0.5, 0.6) is 0 Å². The molecule has 0 saturated carbocycles. The molecule has 8 nitrogen and oxygen atoms in total. The summed E-state index contributed by atoms with van der Waals surface area (Å²) in [6, 6.07) is 46.5. The van der Waals surface area contributed by atoms with Crippen molar-refractivity contribution in [2.24, 2.45) is 4.99 Å². The van der Waals surface area contributed by atoms with Crippen LogP contribution in [0.15, 0.2) is 138 Å². The van der Waals surface area contributed by atoms with Crippen LogP contribution in [-0.2, 0) is 19.4 Å². The molecule has 0 atom stereocenters. The van der Waals surface area contributed by atoms with Crippen LogP contribution in [0.1, 0.15) is 85.2 Å².